The van der Waals surface area contributed by atoms with Crippen LogP contribution in [-0.2, 0) is 32.7 Å². The first kappa shape index (κ1) is 31.6. The van der Waals surface area contributed by atoms with Crippen molar-refractivity contribution < 1.29 is 0 Å². The molecule has 0 N–H and O–H groups in total. The second-order valence-corrected chi connectivity index (χ2v) is 12.4. The quantitative estimate of drug-likeness (QED) is 0.135. The van der Waals surface area contributed by atoms with Gasteiger partial charge in [0.05, 0.1) is 6.54 Å². The molecule has 5 aromatic carbocycles. The maximum atomic E-state index is 4.97. The summed E-state index contributed by atoms with van der Waals surface area (Å²) in [7, 11) is 0. The molecule has 3 heteroatoms. The Balaban J connectivity index is 1.61. The van der Waals surface area contributed by atoms with E-state index in [2.05, 4.69) is 172 Å². The molecule has 0 aliphatic rings. The lowest BCUT2D eigenvalue weighted by Crippen LogP contribution is -2.35. The number of benzene rings is 5. The van der Waals surface area contributed by atoms with Crippen LogP contribution in [0.5, 0.6) is 0 Å². The number of aryl methyl sites for hydroxylation is 5. The fourth-order valence-electron chi connectivity index (χ4n) is 5.30. The third-order valence-corrected chi connectivity index (χ3v) is 8.14. The highest BCUT2D eigenvalue weighted by Gasteiger charge is 2.20. The molecule has 0 bridgehead atoms. The van der Waals surface area contributed by atoms with Gasteiger partial charge in [0.2, 0.25) is 0 Å². The number of hydrogen-bond donors (Lipinski definition) is 0. The van der Waals surface area contributed by atoms with E-state index >= 15 is 0 Å². The van der Waals surface area contributed by atoms with Gasteiger partial charge in [-0.3, -0.25) is 0 Å². The second kappa shape index (κ2) is 15.2. The van der Waals surface area contributed by atoms with Gasteiger partial charge in [-0.15, -0.1) is 0 Å². The lowest BCUT2D eigenvalue weighted by molar-refractivity contribution is 0.191. The molecule has 5 aromatic rings. The molecule has 0 aliphatic heterocycles. The van der Waals surface area contributed by atoms with E-state index in [4.69, 9.17) is 4.99 Å². The maximum absolute atomic E-state index is 4.97. The molecule has 3 nitrogen and oxygen atoms in total. The van der Waals surface area contributed by atoms with Crippen LogP contribution >= 0.6 is 0 Å². The summed E-state index contributed by atoms with van der Waals surface area (Å²) in [6.45, 7) is 14.2. The van der Waals surface area contributed by atoms with Gasteiger partial charge >= 0.3 is 0 Å². The number of aliphatic imine (C=N–C) groups is 1. The monoisotopic (exact) mass is 591 g/mol. The van der Waals surface area contributed by atoms with Crippen LogP contribution in [0.3, 0.4) is 0 Å². The van der Waals surface area contributed by atoms with Gasteiger partial charge in [-0.05, 0) is 62.4 Å². The van der Waals surface area contributed by atoms with Gasteiger partial charge in [-0.2, -0.15) is 0 Å². The van der Waals surface area contributed by atoms with Crippen molar-refractivity contribution in [1.29, 1.82) is 0 Å². The van der Waals surface area contributed by atoms with Crippen molar-refractivity contribution in [2.45, 2.75) is 67.3 Å². The van der Waals surface area contributed by atoms with Gasteiger partial charge in [-0.25, -0.2) is 4.99 Å². The summed E-state index contributed by atoms with van der Waals surface area (Å²) in [5, 5.41) is 0. The average Bonchev–Trinajstić information content (AvgIpc) is 3.04. The van der Waals surface area contributed by atoms with Crippen LogP contribution in [-0.4, -0.2) is 15.7 Å². The average molecular weight is 592 g/mol. The minimum absolute atomic E-state index is 0.579. The Bertz CT molecular complexity index is 1510. The minimum atomic E-state index is 0.579. The topological polar surface area (TPSA) is 18.8 Å². The molecule has 228 valence electrons. The number of hydrogen-bond acceptors (Lipinski definition) is 3. The van der Waals surface area contributed by atoms with Gasteiger partial charge in [-0.1, -0.05) is 149 Å². The Labute approximate surface area is 270 Å². The Kier molecular flexibility index (Phi) is 10.7. The summed E-state index contributed by atoms with van der Waals surface area (Å²) >= 11 is 0. The van der Waals surface area contributed by atoms with Crippen molar-refractivity contribution in [2.75, 3.05) is 0 Å². The Morgan fingerprint density at radius 1 is 0.400 bits per heavy atom. The molecule has 0 radical (unpaired) electrons. The molecule has 0 heterocycles. The number of rotatable bonds is 12. The highest BCUT2D eigenvalue weighted by Crippen LogP contribution is 2.23. The smallest absolute Gasteiger partial charge is 0.169 e. The standard InChI is InChI=1S/C42H45N3/c1-32-6-16-37(17-7-32)26-43-27-42(44(28-38-18-8-33(2)9-19-38)29-39-20-10-34(3)11-21-39)45(30-40-22-12-35(4)13-23-40)31-41-24-14-36(5)15-25-41/h6-25H,26,28-31H2,1-5H3. The SMILES string of the molecule is Cc1ccc(CN=C=C(N(Cc2ccc(C)cc2)Cc2ccc(C)cc2)N(Cc2ccc(C)cc2)Cc2ccc(C)cc2)cc1. The van der Waals surface area contributed by atoms with Gasteiger partial charge in [0.1, 0.15) is 0 Å². The van der Waals surface area contributed by atoms with Crippen LogP contribution in [0.1, 0.15) is 55.6 Å². The first-order chi connectivity index (χ1) is 21.8. The van der Waals surface area contributed by atoms with Crippen molar-refractivity contribution in [1.82, 2.24) is 9.80 Å². The highest BCUT2D eigenvalue weighted by atomic mass is 15.3. The first-order valence-electron chi connectivity index (χ1n) is 15.9. The van der Waals surface area contributed by atoms with Crippen LogP contribution in [0.2, 0.25) is 0 Å². The molecule has 5 rings (SSSR count). The van der Waals surface area contributed by atoms with E-state index in [0.29, 0.717) is 6.54 Å². The van der Waals surface area contributed by atoms with E-state index in [1.165, 1.54) is 55.6 Å². The van der Waals surface area contributed by atoms with Crippen LogP contribution < -0.4 is 0 Å². The summed E-state index contributed by atoms with van der Waals surface area (Å²) < 4.78 is 0. The van der Waals surface area contributed by atoms with Gasteiger partial charge < -0.3 is 9.80 Å². The predicted molar refractivity (Wildman–Crippen MR) is 189 cm³/mol. The van der Waals surface area contributed by atoms with Gasteiger partial charge in [0.25, 0.3) is 0 Å². The van der Waals surface area contributed by atoms with Crippen LogP contribution in [0, 0.1) is 34.6 Å². The van der Waals surface area contributed by atoms with Crippen LogP contribution in [0.4, 0.5) is 0 Å². The Morgan fingerprint density at radius 3 is 0.911 bits per heavy atom. The first-order valence-corrected chi connectivity index (χ1v) is 15.9. The molecule has 0 saturated heterocycles. The van der Waals surface area contributed by atoms with Crippen LogP contribution in [0.25, 0.3) is 0 Å². The highest BCUT2D eigenvalue weighted by molar-refractivity contribution is 5.57. The molecule has 0 aromatic heterocycles. The summed E-state index contributed by atoms with van der Waals surface area (Å²) in [5.74, 6) is 4.59. The lowest BCUT2D eigenvalue weighted by atomic mass is 10.1. The molecule has 0 unspecified atom stereocenters. The third kappa shape index (κ3) is 9.57. The van der Waals surface area contributed by atoms with Gasteiger partial charge in [0.15, 0.2) is 5.82 Å². The summed E-state index contributed by atoms with van der Waals surface area (Å²) in [4.78, 5) is 9.85. The number of nitrogens with zero attached hydrogens (tertiary/aromatic N) is 3. The summed E-state index contributed by atoms with van der Waals surface area (Å²) in [5.41, 5.74) is 12.5. The lowest BCUT2D eigenvalue weighted by Gasteiger charge is -2.35. The van der Waals surface area contributed by atoms with E-state index in [9.17, 15) is 0 Å². The van der Waals surface area contributed by atoms with E-state index in [0.717, 1.165) is 32.0 Å². The van der Waals surface area contributed by atoms with E-state index in [1.54, 1.807) is 0 Å². The van der Waals surface area contributed by atoms with Crippen molar-refractivity contribution in [2.24, 2.45) is 4.99 Å². The molecular weight excluding hydrogens is 546 g/mol. The van der Waals surface area contributed by atoms with Gasteiger partial charge in [0, 0.05) is 32.0 Å². The third-order valence-electron chi connectivity index (χ3n) is 8.14. The maximum Gasteiger partial charge on any atom is 0.169 e. The fraction of sp³-hybridized carbons (Fsp3) is 0.238. The molecule has 0 amide bonds. The predicted octanol–water partition coefficient (Wildman–Crippen LogP) is 9.64. The summed E-state index contributed by atoms with van der Waals surface area (Å²) in [6, 6.07) is 44.1. The molecular formula is C42H45N3. The zero-order valence-corrected chi connectivity index (χ0v) is 27.4. The zero-order valence-electron chi connectivity index (χ0n) is 27.4. The van der Waals surface area contributed by atoms with Crippen molar-refractivity contribution in [3.8, 4) is 0 Å². The van der Waals surface area contributed by atoms with E-state index in [-0.39, 0.29) is 0 Å². The van der Waals surface area contributed by atoms with Crippen LogP contribution in [0.15, 0.2) is 132 Å². The second-order valence-electron chi connectivity index (χ2n) is 12.4. The Morgan fingerprint density at radius 2 is 0.644 bits per heavy atom. The van der Waals surface area contributed by atoms with Crippen molar-refractivity contribution in [3.05, 3.63) is 183 Å². The van der Waals surface area contributed by atoms with Crippen molar-refractivity contribution in [3.63, 3.8) is 0 Å². The molecule has 0 saturated carbocycles. The van der Waals surface area contributed by atoms with E-state index < -0.39 is 0 Å². The largest absolute Gasteiger partial charge is 0.342 e. The fourth-order valence-corrected chi connectivity index (χ4v) is 5.30. The molecule has 0 aliphatic carbocycles. The van der Waals surface area contributed by atoms with Crippen molar-refractivity contribution >= 4 is 5.87 Å². The zero-order chi connectivity index (χ0) is 31.6. The molecule has 0 fully saturated rings. The minimum Gasteiger partial charge on any atom is -0.342 e. The normalized spacial score (nSPS) is 10.7. The van der Waals surface area contributed by atoms with E-state index in [1.807, 2.05) is 0 Å². The molecule has 0 spiro atoms. The summed E-state index contributed by atoms with van der Waals surface area (Å²) in [6.07, 6.45) is 0. The Hall–Kier alpha value is -4.85. The molecule has 45 heavy (non-hydrogen) atoms. The molecule has 0 atom stereocenters.